The zero-order valence-corrected chi connectivity index (χ0v) is 13.1. The minimum absolute atomic E-state index is 0.204. The lowest BCUT2D eigenvalue weighted by molar-refractivity contribution is 0.0270. The van der Waals surface area contributed by atoms with E-state index in [1.165, 1.54) is 0 Å². The highest BCUT2D eigenvalue weighted by Gasteiger charge is 2.59. The maximum Gasteiger partial charge on any atom is 0.410 e. The van der Waals surface area contributed by atoms with E-state index in [9.17, 15) is 4.79 Å². The minimum Gasteiger partial charge on any atom is -0.444 e. The number of hydrogen-bond acceptors (Lipinski definition) is 4. The molecule has 3 atom stereocenters. The van der Waals surface area contributed by atoms with E-state index in [0.717, 1.165) is 24.6 Å². The Morgan fingerprint density at radius 2 is 1.95 bits per heavy atom. The lowest BCUT2D eigenvalue weighted by atomic mass is 10.2. The monoisotopic (exact) mass is 300 g/mol. The van der Waals surface area contributed by atoms with Gasteiger partial charge in [0.15, 0.2) is 5.65 Å². The summed E-state index contributed by atoms with van der Waals surface area (Å²) in [6.45, 7) is 7.20. The molecular weight excluding hydrogens is 280 g/mol. The number of carbonyl (C=O) groups is 1. The van der Waals surface area contributed by atoms with Gasteiger partial charge in [0.05, 0.1) is 0 Å². The first-order valence-electron chi connectivity index (χ1n) is 7.71. The third kappa shape index (κ3) is 2.14. The van der Waals surface area contributed by atoms with Gasteiger partial charge in [0.2, 0.25) is 0 Å². The number of aromatic nitrogens is 3. The van der Waals surface area contributed by atoms with Gasteiger partial charge in [-0.3, -0.25) is 4.40 Å². The zero-order valence-electron chi connectivity index (χ0n) is 13.1. The molecule has 22 heavy (non-hydrogen) atoms. The first-order valence-corrected chi connectivity index (χ1v) is 7.71. The van der Waals surface area contributed by atoms with Crippen LogP contribution in [0.5, 0.6) is 0 Å². The van der Waals surface area contributed by atoms with Crippen molar-refractivity contribution < 1.29 is 9.53 Å². The van der Waals surface area contributed by atoms with Crippen LogP contribution in [-0.4, -0.2) is 44.3 Å². The third-order valence-corrected chi connectivity index (χ3v) is 4.48. The van der Waals surface area contributed by atoms with Crippen LogP contribution in [0.3, 0.4) is 0 Å². The summed E-state index contributed by atoms with van der Waals surface area (Å²) in [7, 11) is 0. The third-order valence-electron chi connectivity index (χ3n) is 4.48. The molecule has 0 radical (unpaired) electrons. The fourth-order valence-corrected chi connectivity index (χ4v) is 3.47. The summed E-state index contributed by atoms with van der Waals surface area (Å²) < 4.78 is 7.50. The van der Waals surface area contributed by atoms with Crippen molar-refractivity contribution in [2.24, 2.45) is 11.8 Å². The molecular formula is C16H20N4O2. The number of piperidine rings is 1. The molecule has 0 spiro atoms. The van der Waals surface area contributed by atoms with Gasteiger partial charge in [0.1, 0.15) is 11.4 Å². The van der Waals surface area contributed by atoms with Crippen LogP contribution >= 0.6 is 0 Å². The van der Waals surface area contributed by atoms with Crippen LogP contribution in [0.1, 0.15) is 32.5 Å². The SMILES string of the molecule is CC(C)(C)OC(=O)N1C[C@@H]2C(c3nnc4ccccn34)[C@@H]2C1. The van der Waals surface area contributed by atoms with Crippen LogP contribution in [0.25, 0.3) is 5.65 Å². The Balaban J connectivity index is 1.46. The molecule has 2 aromatic rings. The number of hydrogen-bond donors (Lipinski definition) is 0. The molecule has 2 aliphatic rings. The van der Waals surface area contributed by atoms with E-state index in [1.807, 2.05) is 50.1 Å². The van der Waals surface area contributed by atoms with Crippen molar-refractivity contribution in [2.45, 2.75) is 32.3 Å². The van der Waals surface area contributed by atoms with Gasteiger partial charge >= 0.3 is 6.09 Å². The molecule has 1 unspecified atom stereocenters. The van der Waals surface area contributed by atoms with Crippen LogP contribution in [0.2, 0.25) is 0 Å². The first kappa shape index (κ1) is 13.5. The Morgan fingerprint density at radius 3 is 2.64 bits per heavy atom. The molecule has 6 nitrogen and oxygen atoms in total. The number of pyridine rings is 1. The summed E-state index contributed by atoms with van der Waals surface area (Å²) in [6, 6.07) is 5.92. The Bertz CT molecular complexity index is 721. The smallest absolute Gasteiger partial charge is 0.410 e. The molecule has 0 bridgehead atoms. The second-order valence-electron chi connectivity index (χ2n) is 7.23. The molecule has 1 saturated heterocycles. The maximum atomic E-state index is 12.1. The van der Waals surface area contributed by atoms with E-state index < -0.39 is 5.60 Å². The summed E-state index contributed by atoms with van der Waals surface area (Å²) in [6.07, 6.45) is 1.80. The Kier molecular flexibility index (Phi) is 2.74. The van der Waals surface area contributed by atoms with Gasteiger partial charge in [0.25, 0.3) is 0 Å². The van der Waals surface area contributed by atoms with Gasteiger partial charge < -0.3 is 9.64 Å². The van der Waals surface area contributed by atoms with Crippen molar-refractivity contribution in [3.8, 4) is 0 Å². The van der Waals surface area contributed by atoms with Crippen LogP contribution in [0.15, 0.2) is 24.4 Å². The van der Waals surface area contributed by atoms with Crippen LogP contribution < -0.4 is 0 Å². The van der Waals surface area contributed by atoms with Crippen molar-refractivity contribution >= 4 is 11.7 Å². The summed E-state index contributed by atoms with van der Waals surface area (Å²) >= 11 is 0. The minimum atomic E-state index is -0.438. The second kappa shape index (κ2) is 4.44. The number of likely N-dealkylation sites (tertiary alicyclic amines) is 1. The van der Waals surface area contributed by atoms with Gasteiger partial charge in [-0.05, 0) is 44.7 Å². The summed E-state index contributed by atoms with van der Waals surface area (Å²) in [5, 5.41) is 8.56. The zero-order chi connectivity index (χ0) is 15.5. The number of nitrogens with zero attached hydrogens (tertiary/aromatic N) is 4. The van der Waals surface area contributed by atoms with Crippen LogP contribution in [0, 0.1) is 11.8 Å². The predicted molar refractivity (Wildman–Crippen MR) is 80.5 cm³/mol. The average Bonchev–Trinajstić information content (AvgIpc) is 2.86. The van der Waals surface area contributed by atoms with E-state index in [0.29, 0.717) is 17.8 Å². The second-order valence-corrected chi connectivity index (χ2v) is 7.23. The molecule has 1 saturated carbocycles. The van der Waals surface area contributed by atoms with Crippen LogP contribution in [0.4, 0.5) is 4.79 Å². The molecule has 4 rings (SSSR count). The van der Waals surface area contributed by atoms with Crippen molar-refractivity contribution in [2.75, 3.05) is 13.1 Å². The van der Waals surface area contributed by atoms with E-state index >= 15 is 0 Å². The lowest BCUT2D eigenvalue weighted by Gasteiger charge is -2.25. The van der Waals surface area contributed by atoms with E-state index in [-0.39, 0.29) is 6.09 Å². The molecule has 1 aliphatic heterocycles. The molecule has 1 aliphatic carbocycles. The topological polar surface area (TPSA) is 59.7 Å². The van der Waals surface area contributed by atoms with Gasteiger partial charge in [0, 0.05) is 25.2 Å². The lowest BCUT2D eigenvalue weighted by Crippen LogP contribution is -2.37. The predicted octanol–water partition coefficient (Wildman–Crippen LogP) is 2.31. The van der Waals surface area contributed by atoms with Crippen molar-refractivity contribution in [3.63, 3.8) is 0 Å². The van der Waals surface area contributed by atoms with Gasteiger partial charge in [-0.25, -0.2) is 4.79 Å². The molecule has 6 heteroatoms. The van der Waals surface area contributed by atoms with Crippen LogP contribution in [-0.2, 0) is 4.74 Å². The average molecular weight is 300 g/mol. The van der Waals surface area contributed by atoms with Crippen molar-refractivity contribution in [1.82, 2.24) is 19.5 Å². The van der Waals surface area contributed by atoms with E-state index in [1.54, 1.807) is 0 Å². The van der Waals surface area contributed by atoms with E-state index in [2.05, 4.69) is 14.6 Å². The Labute approximate surface area is 129 Å². The summed E-state index contributed by atoms with van der Waals surface area (Å²) in [5.74, 6) is 2.41. The first-order chi connectivity index (χ1) is 10.4. The number of ether oxygens (including phenoxy) is 1. The fraction of sp³-hybridized carbons (Fsp3) is 0.562. The normalized spacial score (nSPS) is 27.0. The highest BCUT2D eigenvalue weighted by atomic mass is 16.6. The fourth-order valence-electron chi connectivity index (χ4n) is 3.47. The number of carbonyl (C=O) groups excluding carboxylic acids is 1. The molecule has 1 amide bonds. The largest absolute Gasteiger partial charge is 0.444 e. The number of amides is 1. The Morgan fingerprint density at radius 1 is 1.23 bits per heavy atom. The van der Waals surface area contributed by atoms with Crippen molar-refractivity contribution in [1.29, 1.82) is 0 Å². The molecule has 0 N–H and O–H groups in total. The highest BCUT2D eigenvalue weighted by Crippen LogP contribution is 2.57. The van der Waals surface area contributed by atoms with Gasteiger partial charge in [-0.15, -0.1) is 10.2 Å². The molecule has 116 valence electrons. The quantitative estimate of drug-likeness (QED) is 0.811. The standard InChI is InChI=1S/C16H20N4O2/c1-16(2,3)22-15(21)19-8-10-11(9-19)13(10)14-18-17-12-6-4-5-7-20(12)14/h4-7,10-11,13H,8-9H2,1-3H3/t10-,11+,13?. The summed E-state index contributed by atoms with van der Waals surface area (Å²) in [4.78, 5) is 13.9. The molecule has 2 aromatic heterocycles. The summed E-state index contributed by atoms with van der Waals surface area (Å²) in [5.41, 5.74) is 0.443. The van der Waals surface area contributed by atoms with E-state index in [4.69, 9.17) is 4.74 Å². The maximum absolute atomic E-state index is 12.1. The number of fused-ring (bicyclic) bond motifs is 2. The highest BCUT2D eigenvalue weighted by molar-refractivity contribution is 5.69. The van der Waals surface area contributed by atoms with Crippen molar-refractivity contribution in [3.05, 3.63) is 30.2 Å². The van der Waals surface area contributed by atoms with Gasteiger partial charge in [-0.2, -0.15) is 0 Å². The molecule has 2 fully saturated rings. The Hall–Kier alpha value is -2.11. The van der Waals surface area contributed by atoms with Gasteiger partial charge in [-0.1, -0.05) is 6.07 Å². The molecule has 3 heterocycles. The molecule has 0 aromatic carbocycles. The number of rotatable bonds is 1.